The van der Waals surface area contributed by atoms with Gasteiger partial charge in [-0.3, -0.25) is 10.1 Å². The molecule has 156 valence electrons. The van der Waals surface area contributed by atoms with Crippen molar-refractivity contribution < 1.29 is 14.4 Å². The van der Waals surface area contributed by atoms with Crippen molar-refractivity contribution in [3.63, 3.8) is 0 Å². The third-order valence-electron chi connectivity index (χ3n) is 4.25. The minimum atomic E-state index is -0.406. The monoisotopic (exact) mass is 400 g/mol. The molecule has 0 unspecified atom stereocenters. The largest absolute Gasteiger partial charge is 0.497 e. The number of aliphatic imine (C=N–C) groups is 1. The van der Waals surface area contributed by atoms with Gasteiger partial charge in [-0.2, -0.15) is 0 Å². The van der Waals surface area contributed by atoms with Gasteiger partial charge in [-0.1, -0.05) is 24.3 Å². The zero-order chi connectivity index (χ0) is 20.9. The number of nitrogens with one attached hydrogen (secondary N) is 2. The number of ether oxygens (including phenoxy) is 2. The van der Waals surface area contributed by atoms with Crippen molar-refractivity contribution in [2.45, 2.75) is 19.4 Å². The molecule has 0 atom stereocenters. The van der Waals surface area contributed by atoms with E-state index in [9.17, 15) is 10.1 Å². The van der Waals surface area contributed by atoms with Crippen molar-refractivity contribution in [2.75, 3.05) is 33.9 Å². The van der Waals surface area contributed by atoms with Gasteiger partial charge in [0.15, 0.2) is 5.96 Å². The van der Waals surface area contributed by atoms with Crippen molar-refractivity contribution in [1.82, 2.24) is 10.6 Å². The average Bonchev–Trinajstić information content (AvgIpc) is 2.75. The van der Waals surface area contributed by atoms with Gasteiger partial charge in [0.1, 0.15) is 5.75 Å². The van der Waals surface area contributed by atoms with Gasteiger partial charge in [0, 0.05) is 38.9 Å². The highest BCUT2D eigenvalue weighted by molar-refractivity contribution is 5.79. The van der Waals surface area contributed by atoms with E-state index in [-0.39, 0.29) is 5.69 Å². The van der Waals surface area contributed by atoms with E-state index in [1.165, 1.54) is 17.7 Å². The Morgan fingerprint density at radius 3 is 2.28 bits per heavy atom. The summed E-state index contributed by atoms with van der Waals surface area (Å²) in [5.41, 5.74) is 2.18. The van der Waals surface area contributed by atoms with Crippen LogP contribution in [0, 0.1) is 10.1 Å². The standard InChI is InChI=1S/C21H28N4O4/c1-28-15-3-13-22-21(23-14-12-17-6-10-20(29-2)11-7-17)24-16-18-4-8-19(9-5-18)25(26)27/h4-11H,3,12-16H2,1-2H3,(H2,22,23,24). The van der Waals surface area contributed by atoms with E-state index in [0.717, 1.165) is 37.2 Å². The first-order chi connectivity index (χ1) is 14.1. The molecule has 0 fully saturated rings. The SMILES string of the molecule is COCCCNC(=NCc1ccc([N+](=O)[O-])cc1)NCCc1ccc(OC)cc1. The highest BCUT2D eigenvalue weighted by Crippen LogP contribution is 2.13. The van der Waals surface area contributed by atoms with Gasteiger partial charge in [-0.25, -0.2) is 4.99 Å². The van der Waals surface area contributed by atoms with Gasteiger partial charge in [0.25, 0.3) is 5.69 Å². The van der Waals surface area contributed by atoms with Gasteiger partial charge in [-0.15, -0.1) is 0 Å². The molecule has 29 heavy (non-hydrogen) atoms. The number of rotatable bonds is 11. The van der Waals surface area contributed by atoms with Crippen LogP contribution in [-0.2, 0) is 17.7 Å². The lowest BCUT2D eigenvalue weighted by molar-refractivity contribution is -0.384. The van der Waals surface area contributed by atoms with Crippen LogP contribution in [0.3, 0.4) is 0 Å². The highest BCUT2D eigenvalue weighted by atomic mass is 16.6. The molecule has 0 saturated heterocycles. The van der Waals surface area contributed by atoms with E-state index in [1.54, 1.807) is 26.4 Å². The molecule has 0 amide bonds. The van der Waals surface area contributed by atoms with E-state index in [2.05, 4.69) is 15.6 Å². The van der Waals surface area contributed by atoms with Gasteiger partial charge in [0.05, 0.1) is 18.6 Å². The highest BCUT2D eigenvalue weighted by Gasteiger charge is 2.04. The minimum absolute atomic E-state index is 0.0771. The Hall–Kier alpha value is -3.13. The summed E-state index contributed by atoms with van der Waals surface area (Å²) in [6.07, 6.45) is 1.72. The third-order valence-corrected chi connectivity index (χ3v) is 4.25. The number of benzene rings is 2. The lowest BCUT2D eigenvalue weighted by Crippen LogP contribution is -2.39. The fourth-order valence-corrected chi connectivity index (χ4v) is 2.61. The first kappa shape index (κ1) is 22.2. The zero-order valence-electron chi connectivity index (χ0n) is 16.9. The van der Waals surface area contributed by atoms with Crippen LogP contribution < -0.4 is 15.4 Å². The Bertz CT molecular complexity index is 776. The first-order valence-corrected chi connectivity index (χ1v) is 9.49. The second-order valence-electron chi connectivity index (χ2n) is 6.39. The summed E-state index contributed by atoms with van der Waals surface area (Å²) in [4.78, 5) is 14.9. The number of hydrogen-bond acceptors (Lipinski definition) is 5. The third kappa shape index (κ3) is 8.18. The Balaban J connectivity index is 1.91. The fourth-order valence-electron chi connectivity index (χ4n) is 2.61. The second-order valence-corrected chi connectivity index (χ2v) is 6.39. The molecule has 0 spiro atoms. The number of non-ortho nitro benzene ring substituents is 1. The summed E-state index contributed by atoms with van der Waals surface area (Å²) in [5, 5.41) is 17.4. The van der Waals surface area contributed by atoms with Gasteiger partial charge < -0.3 is 20.1 Å². The summed E-state index contributed by atoms with van der Waals surface area (Å²) in [7, 11) is 3.33. The molecule has 2 aromatic carbocycles. The predicted molar refractivity (Wildman–Crippen MR) is 113 cm³/mol. The molecule has 0 bridgehead atoms. The number of nitro benzene ring substituents is 1. The molecule has 8 heteroatoms. The number of hydrogen-bond donors (Lipinski definition) is 2. The molecule has 0 heterocycles. The molecule has 0 radical (unpaired) electrons. The molecule has 0 aliphatic heterocycles. The maximum Gasteiger partial charge on any atom is 0.269 e. The van der Waals surface area contributed by atoms with E-state index >= 15 is 0 Å². The van der Waals surface area contributed by atoms with Crippen molar-refractivity contribution >= 4 is 11.6 Å². The molecular weight excluding hydrogens is 372 g/mol. The van der Waals surface area contributed by atoms with Crippen molar-refractivity contribution in [3.8, 4) is 5.75 Å². The Morgan fingerprint density at radius 2 is 1.66 bits per heavy atom. The summed E-state index contributed by atoms with van der Waals surface area (Å²) in [5.74, 6) is 1.54. The van der Waals surface area contributed by atoms with Gasteiger partial charge in [-0.05, 0) is 36.1 Å². The summed E-state index contributed by atoms with van der Waals surface area (Å²) < 4.78 is 10.3. The summed E-state index contributed by atoms with van der Waals surface area (Å²) >= 11 is 0. The molecule has 0 aromatic heterocycles. The zero-order valence-corrected chi connectivity index (χ0v) is 16.9. The lowest BCUT2D eigenvalue weighted by atomic mass is 10.1. The van der Waals surface area contributed by atoms with E-state index in [1.807, 2.05) is 24.3 Å². The number of nitro groups is 1. The van der Waals surface area contributed by atoms with Crippen molar-refractivity contribution in [3.05, 3.63) is 69.8 Å². The number of methoxy groups -OCH3 is 2. The van der Waals surface area contributed by atoms with E-state index in [4.69, 9.17) is 9.47 Å². The van der Waals surface area contributed by atoms with Crippen LogP contribution in [0.2, 0.25) is 0 Å². The smallest absolute Gasteiger partial charge is 0.269 e. The molecule has 2 aromatic rings. The average molecular weight is 400 g/mol. The Morgan fingerprint density at radius 1 is 1.00 bits per heavy atom. The normalized spacial score (nSPS) is 11.2. The maximum atomic E-state index is 10.8. The molecule has 2 rings (SSSR count). The maximum absolute atomic E-state index is 10.8. The van der Waals surface area contributed by atoms with Gasteiger partial charge >= 0.3 is 0 Å². The molecule has 0 saturated carbocycles. The lowest BCUT2D eigenvalue weighted by Gasteiger charge is -2.13. The van der Waals surface area contributed by atoms with Crippen LogP contribution in [0.1, 0.15) is 17.5 Å². The predicted octanol–water partition coefficient (Wildman–Crippen LogP) is 2.92. The van der Waals surface area contributed by atoms with Crippen LogP contribution in [0.4, 0.5) is 5.69 Å². The Labute approximate surface area is 171 Å². The second kappa shape index (κ2) is 12.4. The Kier molecular flexibility index (Phi) is 9.44. The van der Waals surface area contributed by atoms with Crippen molar-refractivity contribution in [1.29, 1.82) is 0 Å². The number of guanidine groups is 1. The van der Waals surface area contributed by atoms with E-state index < -0.39 is 4.92 Å². The topological polar surface area (TPSA) is 98.0 Å². The number of nitrogens with zero attached hydrogens (tertiary/aromatic N) is 2. The fraction of sp³-hybridized carbons (Fsp3) is 0.381. The molecule has 2 N–H and O–H groups in total. The molecule has 0 aliphatic rings. The first-order valence-electron chi connectivity index (χ1n) is 9.49. The van der Waals surface area contributed by atoms with Crippen LogP contribution in [0.25, 0.3) is 0 Å². The van der Waals surface area contributed by atoms with E-state index in [0.29, 0.717) is 19.1 Å². The van der Waals surface area contributed by atoms with Crippen LogP contribution in [-0.4, -0.2) is 44.8 Å². The quantitative estimate of drug-likeness (QED) is 0.198. The van der Waals surface area contributed by atoms with Crippen LogP contribution in [0.15, 0.2) is 53.5 Å². The molecule has 0 aliphatic carbocycles. The molecular formula is C21H28N4O4. The summed E-state index contributed by atoms with van der Waals surface area (Å²) in [6.45, 7) is 2.57. The summed E-state index contributed by atoms with van der Waals surface area (Å²) in [6, 6.07) is 14.4. The molecule has 8 nitrogen and oxygen atoms in total. The minimum Gasteiger partial charge on any atom is -0.497 e. The van der Waals surface area contributed by atoms with Gasteiger partial charge in [0.2, 0.25) is 0 Å². The van der Waals surface area contributed by atoms with Crippen LogP contribution in [0.5, 0.6) is 5.75 Å². The van der Waals surface area contributed by atoms with Crippen molar-refractivity contribution in [2.24, 2.45) is 4.99 Å². The van der Waals surface area contributed by atoms with Crippen LogP contribution >= 0.6 is 0 Å².